The second-order valence-electron chi connectivity index (χ2n) is 6.54. The third-order valence-electron chi connectivity index (χ3n) is 5.04. The van der Waals surface area contributed by atoms with Gasteiger partial charge in [0.05, 0.1) is 19.2 Å². The van der Waals surface area contributed by atoms with E-state index in [2.05, 4.69) is 4.98 Å². The van der Waals surface area contributed by atoms with Crippen molar-refractivity contribution in [2.24, 2.45) is 5.92 Å². The minimum atomic E-state index is -0.743. The topological polar surface area (TPSA) is 79.8 Å². The second-order valence-corrected chi connectivity index (χ2v) is 6.54. The molecule has 1 aliphatic carbocycles. The zero-order valence-electron chi connectivity index (χ0n) is 14.4. The zero-order valence-corrected chi connectivity index (χ0v) is 14.4. The van der Waals surface area contributed by atoms with Crippen LogP contribution in [0.2, 0.25) is 0 Å². The van der Waals surface area contributed by atoms with Crippen LogP contribution in [0.5, 0.6) is 0 Å². The first-order valence-corrected chi connectivity index (χ1v) is 8.69. The van der Waals surface area contributed by atoms with Crippen LogP contribution in [0.25, 0.3) is 0 Å². The number of esters is 1. The lowest BCUT2D eigenvalue weighted by Gasteiger charge is -2.40. The number of piperazine rings is 1. The van der Waals surface area contributed by atoms with E-state index in [1.807, 2.05) is 0 Å². The lowest BCUT2D eigenvalue weighted by atomic mass is 10.0. The van der Waals surface area contributed by atoms with Crippen LogP contribution in [-0.2, 0) is 14.3 Å². The minimum absolute atomic E-state index is 0.00673. The standard InChI is InChI=1S/C18H23N3O4/c1-25-18(24)15-12-20(16(22)14-7-4-8-19-11-14)9-10-21(15)17(23)13-5-2-3-6-13/h4,7-8,11,13,15H,2-3,5-6,9-10,12H2,1H3. The lowest BCUT2D eigenvalue weighted by molar-refractivity contribution is -0.157. The van der Waals surface area contributed by atoms with Gasteiger partial charge in [-0.05, 0) is 25.0 Å². The molecule has 1 saturated heterocycles. The summed E-state index contributed by atoms with van der Waals surface area (Å²) in [5.41, 5.74) is 0.474. The highest BCUT2D eigenvalue weighted by atomic mass is 16.5. The molecule has 2 fully saturated rings. The Hall–Kier alpha value is -2.44. The van der Waals surface area contributed by atoms with Gasteiger partial charge in [0.25, 0.3) is 5.91 Å². The van der Waals surface area contributed by atoms with Gasteiger partial charge in [-0.15, -0.1) is 0 Å². The maximum Gasteiger partial charge on any atom is 0.330 e. The summed E-state index contributed by atoms with van der Waals surface area (Å²) in [6.45, 7) is 0.902. The molecule has 2 aliphatic rings. The van der Waals surface area contributed by atoms with Gasteiger partial charge in [-0.1, -0.05) is 12.8 Å². The monoisotopic (exact) mass is 345 g/mol. The molecule has 0 aromatic carbocycles. The number of carbonyl (C=O) groups is 3. The van der Waals surface area contributed by atoms with Crippen molar-refractivity contribution >= 4 is 17.8 Å². The predicted molar refractivity (Wildman–Crippen MR) is 89.6 cm³/mol. The van der Waals surface area contributed by atoms with E-state index < -0.39 is 12.0 Å². The minimum Gasteiger partial charge on any atom is -0.467 e. The molecular weight excluding hydrogens is 322 g/mol. The van der Waals surface area contributed by atoms with Crippen LogP contribution >= 0.6 is 0 Å². The molecule has 1 atom stereocenters. The summed E-state index contributed by atoms with van der Waals surface area (Å²) in [6, 6.07) is 2.65. The van der Waals surface area contributed by atoms with Crippen molar-refractivity contribution in [2.45, 2.75) is 31.7 Å². The van der Waals surface area contributed by atoms with Gasteiger partial charge in [0, 0.05) is 31.4 Å². The Bertz CT molecular complexity index is 643. The van der Waals surface area contributed by atoms with Crippen LogP contribution in [0, 0.1) is 5.92 Å². The normalized spacial score (nSPS) is 21.2. The van der Waals surface area contributed by atoms with E-state index in [0.717, 1.165) is 25.7 Å². The maximum absolute atomic E-state index is 12.8. The third kappa shape index (κ3) is 3.65. The lowest BCUT2D eigenvalue weighted by Crippen LogP contribution is -2.60. The molecule has 1 unspecified atom stereocenters. The fourth-order valence-electron chi connectivity index (χ4n) is 3.65. The van der Waals surface area contributed by atoms with Crippen molar-refractivity contribution in [3.63, 3.8) is 0 Å². The molecule has 1 aromatic rings. The molecule has 1 aromatic heterocycles. The summed E-state index contributed by atoms with van der Waals surface area (Å²) in [4.78, 5) is 44.8. The van der Waals surface area contributed by atoms with Gasteiger partial charge in [-0.3, -0.25) is 14.6 Å². The molecule has 1 aliphatic heterocycles. The van der Waals surface area contributed by atoms with Gasteiger partial charge < -0.3 is 14.5 Å². The Kier molecular flexibility index (Phi) is 5.31. The van der Waals surface area contributed by atoms with Crippen molar-refractivity contribution in [1.82, 2.24) is 14.8 Å². The maximum atomic E-state index is 12.8. The highest BCUT2D eigenvalue weighted by molar-refractivity contribution is 5.95. The molecule has 0 N–H and O–H groups in total. The van der Waals surface area contributed by atoms with E-state index in [0.29, 0.717) is 18.7 Å². The van der Waals surface area contributed by atoms with Crippen molar-refractivity contribution in [2.75, 3.05) is 26.7 Å². The molecule has 0 spiro atoms. The van der Waals surface area contributed by atoms with Crippen LogP contribution in [0.3, 0.4) is 0 Å². The van der Waals surface area contributed by atoms with Crippen molar-refractivity contribution < 1.29 is 19.1 Å². The van der Waals surface area contributed by atoms with Crippen LogP contribution in [0.1, 0.15) is 36.0 Å². The van der Waals surface area contributed by atoms with Gasteiger partial charge in [-0.25, -0.2) is 4.79 Å². The quantitative estimate of drug-likeness (QED) is 0.767. The van der Waals surface area contributed by atoms with Crippen LogP contribution in [0.4, 0.5) is 0 Å². The second kappa shape index (κ2) is 7.63. The smallest absolute Gasteiger partial charge is 0.330 e. The van der Waals surface area contributed by atoms with E-state index in [1.165, 1.54) is 13.3 Å². The van der Waals surface area contributed by atoms with Crippen LogP contribution in [-0.4, -0.2) is 65.4 Å². The highest BCUT2D eigenvalue weighted by Gasteiger charge is 2.40. The molecule has 2 heterocycles. The molecule has 1 saturated carbocycles. The average molecular weight is 345 g/mol. The van der Waals surface area contributed by atoms with E-state index in [9.17, 15) is 14.4 Å². The number of hydrogen-bond acceptors (Lipinski definition) is 5. The first kappa shape index (κ1) is 17.4. The largest absolute Gasteiger partial charge is 0.467 e. The number of aromatic nitrogens is 1. The summed E-state index contributed by atoms with van der Waals surface area (Å²) >= 11 is 0. The number of ether oxygens (including phenoxy) is 1. The number of carbonyl (C=O) groups excluding carboxylic acids is 3. The van der Waals surface area contributed by atoms with E-state index >= 15 is 0 Å². The van der Waals surface area contributed by atoms with E-state index in [-0.39, 0.29) is 24.3 Å². The summed E-state index contributed by atoms with van der Waals surface area (Å²) in [5, 5.41) is 0. The van der Waals surface area contributed by atoms with Gasteiger partial charge in [0.1, 0.15) is 6.04 Å². The Morgan fingerprint density at radius 1 is 1.20 bits per heavy atom. The third-order valence-corrected chi connectivity index (χ3v) is 5.04. The predicted octanol–water partition coefficient (Wildman–Crippen LogP) is 1.10. The fourth-order valence-corrected chi connectivity index (χ4v) is 3.65. The van der Waals surface area contributed by atoms with E-state index in [1.54, 1.807) is 28.1 Å². The summed E-state index contributed by atoms with van der Waals surface area (Å²) in [7, 11) is 1.31. The summed E-state index contributed by atoms with van der Waals surface area (Å²) in [5.74, 6) is -0.654. The molecule has 0 radical (unpaired) electrons. The van der Waals surface area contributed by atoms with Crippen LogP contribution in [0.15, 0.2) is 24.5 Å². The molecule has 7 nitrogen and oxygen atoms in total. The SMILES string of the molecule is COC(=O)C1CN(C(=O)c2cccnc2)CCN1C(=O)C1CCCC1. The Morgan fingerprint density at radius 3 is 2.60 bits per heavy atom. The summed E-state index contributed by atoms with van der Waals surface area (Å²) in [6.07, 6.45) is 6.97. The van der Waals surface area contributed by atoms with E-state index in [4.69, 9.17) is 4.74 Å². The molecular formula is C18H23N3O4. The number of hydrogen-bond donors (Lipinski definition) is 0. The number of amides is 2. The van der Waals surface area contributed by atoms with Gasteiger partial charge in [0.15, 0.2) is 0 Å². The Morgan fingerprint density at radius 2 is 1.96 bits per heavy atom. The highest BCUT2D eigenvalue weighted by Crippen LogP contribution is 2.28. The van der Waals surface area contributed by atoms with Gasteiger partial charge >= 0.3 is 5.97 Å². The first-order chi connectivity index (χ1) is 12.1. The number of nitrogens with zero attached hydrogens (tertiary/aromatic N) is 3. The molecule has 7 heteroatoms. The summed E-state index contributed by atoms with van der Waals surface area (Å²) < 4.78 is 4.88. The van der Waals surface area contributed by atoms with Gasteiger partial charge in [-0.2, -0.15) is 0 Å². The Balaban J connectivity index is 1.75. The molecule has 3 rings (SSSR count). The number of rotatable bonds is 3. The molecule has 25 heavy (non-hydrogen) atoms. The zero-order chi connectivity index (χ0) is 17.8. The first-order valence-electron chi connectivity index (χ1n) is 8.69. The number of methoxy groups -OCH3 is 1. The average Bonchev–Trinajstić information content (AvgIpc) is 3.21. The van der Waals surface area contributed by atoms with Crippen molar-refractivity contribution in [3.8, 4) is 0 Å². The Labute approximate surface area is 147 Å². The molecule has 2 amide bonds. The van der Waals surface area contributed by atoms with Gasteiger partial charge in [0.2, 0.25) is 5.91 Å². The molecule has 134 valence electrons. The molecule has 0 bridgehead atoms. The van der Waals surface area contributed by atoms with Crippen molar-refractivity contribution in [3.05, 3.63) is 30.1 Å². The number of pyridine rings is 1. The van der Waals surface area contributed by atoms with Crippen LogP contribution < -0.4 is 0 Å². The fraction of sp³-hybridized carbons (Fsp3) is 0.556. The van der Waals surface area contributed by atoms with Crippen molar-refractivity contribution in [1.29, 1.82) is 0 Å².